The molecule has 4 nitrogen and oxygen atoms in total. The van der Waals surface area contributed by atoms with Crippen molar-refractivity contribution < 1.29 is 8.83 Å². The van der Waals surface area contributed by atoms with E-state index in [4.69, 9.17) is 8.83 Å². The molecule has 10 rings (SSSR count). The van der Waals surface area contributed by atoms with Crippen LogP contribution in [0.4, 0.5) is 0 Å². The lowest BCUT2D eigenvalue weighted by Gasteiger charge is -2.09. The zero-order chi connectivity index (χ0) is 33.2. The van der Waals surface area contributed by atoms with Gasteiger partial charge in [-0.2, -0.15) is 0 Å². The van der Waals surface area contributed by atoms with Crippen LogP contribution in [0, 0.1) is 6.92 Å². The molecule has 0 saturated carbocycles. The third-order valence-corrected chi connectivity index (χ3v) is 9.74. The summed E-state index contributed by atoms with van der Waals surface area (Å²) in [5.74, 6) is 1.51. The molecule has 10 aromatic rings. The van der Waals surface area contributed by atoms with Crippen LogP contribution in [-0.4, -0.2) is 9.55 Å². The minimum absolute atomic E-state index is 0.632. The average molecular weight is 643 g/mol. The molecule has 0 amide bonds. The lowest BCUT2D eigenvalue weighted by Crippen LogP contribution is -1.93. The van der Waals surface area contributed by atoms with Gasteiger partial charge in [0.25, 0.3) is 0 Å². The van der Waals surface area contributed by atoms with Gasteiger partial charge < -0.3 is 13.4 Å². The second kappa shape index (κ2) is 11.2. The van der Waals surface area contributed by atoms with Gasteiger partial charge in [-0.05, 0) is 102 Å². The van der Waals surface area contributed by atoms with E-state index in [-0.39, 0.29) is 0 Å². The van der Waals surface area contributed by atoms with E-state index in [0.29, 0.717) is 5.89 Å². The molecule has 0 aliphatic carbocycles. The molecule has 0 atom stereocenters. The van der Waals surface area contributed by atoms with Crippen molar-refractivity contribution in [3.8, 4) is 50.7 Å². The summed E-state index contributed by atoms with van der Waals surface area (Å²) in [5.41, 5.74) is 14.0. The molecule has 4 heteroatoms. The van der Waals surface area contributed by atoms with Gasteiger partial charge in [-0.25, -0.2) is 4.98 Å². The second-order valence-corrected chi connectivity index (χ2v) is 12.9. The lowest BCUT2D eigenvalue weighted by atomic mass is 9.99. The molecule has 0 aliphatic rings. The Hall–Kier alpha value is -6.65. The summed E-state index contributed by atoms with van der Waals surface area (Å²) in [6, 6.07) is 57.7. The first kappa shape index (κ1) is 28.4. The van der Waals surface area contributed by atoms with Gasteiger partial charge in [0.15, 0.2) is 5.58 Å². The zero-order valence-corrected chi connectivity index (χ0v) is 27.3. The van der Waals surface area contributed by atoms with Gasteiger partial charge in [-0.3, -0.25) is 0 Å². The summed E-state index contributed by atoms with van der Waals surface area (Å²) in [4.78, 5) is 4.69. The van der Waals surface area contributed by atoms with Crippen LogP contribution in [0.25, 0.3) is 94.6 Å². The van der Waals surface area contributed by atoms with Crippen molar-refractivity contribution >= 4 is 43.9 Å². The van der Waals surface area contributed by atoms with Gasteiger partial charge in [0, 0.05) is 33.0 Å². The molecule has 0 N–H and O–H groups in total. The largest absolute Gasteiger partial charge is 0.456 e. The number of fused-ring (bicyclic) bond motifs is 5. The van der Waals surface area contributed by atoms with E-state index in [1.54, 1.807) is 0 Å². The maximum absolute atomic E-state index is 6.14. The molecule has 0 bridgehead atoms. The normalized spacial score (nSPS) is 11.7. The first-order valence-corrected chi connectivity index (χ1v) is 16.9. The quantitative estimate of drug-likeness (QED) is 0.188. The van der Waals surface area contributed by atoms with Crippen molar-refractivity contribution in [3.63, 3.8) is 0 Å². The van der Waals surface area contributed by atoms with Crippen molar-refractivity contribution in [1.82, 2.24) is 9.55 Å². The molecule has 0 radical (unpaired) electrons. The highest BCUT2D eigenvalue weighted by Gasteiger charge is 2.16. The zero-order valence-electron chi connectivity index (χ0n) is 27.3. The molecule has 236 valence electrons. The summed E-state index contributed by atoms with van der Waals surface area (Å²) in [5, 5.41) is 3.53. The van der Waals surface area contributed by atoms with Gasteiger partial charge in [0.1, 0.15) is 16.9 Å². The number of hydrogen-bond acceptors (Lipinski definition) is 3. The monoisotopic (exact) mass is 642 g/mol. The van der Waals surface area contributed by atoms with E-state index in [2.05, 4.69) is 138 Å². The number of benzene rings is 7. The van der Waals surface area contributed by atoms with Gasteiger partial charge >= 0.3 is 0 Å². The van der Waals surface area contributed by atoms with E-state index in [0.717, 1.165) is 61.3 Å². The molecule has 0 spiro atoms. The predicted molar refractivity (Wildman–Crippen MR) is 205 cm³/mol. The molecule has 0 saturated heterocycles. The molecule has 3 aromatic heterocycles. The Balaban J connectivity index is 1.07. The maximum atomic E-state index is 6.14. The molecule has 0 unspecified atom stereocenters. The maximum Gasteiger partial charge on any atom is 0.227 e. The average Bonchev–Trinajstić information content (AvgIpc) is 3.89. The lowest BCUT2D eigenvalue weighted by molar-refractivity contribution is 0.620. The summed E-state index contributed by atoms with van der Waals surface area (Å²) in [7, 11) is 0. The van der Waals surface area contributed by atoms with Gasteiger partial charge in [0.05, 0.1) is 11.0 Å². The van der Waals surface area contributed by atoms with Crippen LogP contribution in [-0.2, 0) is 0 Å². The molecule has 0 aliphatic heterocycles. The molecule has 7 aromatic carbocycles. The summed E-state index contributed by atoms with van der Waals surface area (Å²) in [6.07, 6.45) is 0. The van der Waals surface area contributed by atoms with Gasteiger partial charge in [-0.15, -0.1) is 0 Å². The number of rotatable bonds is 5. The first-order chi connectivity index (χ1) is 24.6. The number of para-hydroxylation sites is 3. The molecule has 3 heterocycles. The van der Waals surface area contributed by atoms with Crippen LogP contribution >= 0.6 is 0 Å². The fourth-order valence-electron chi connectivity index (χ4n) is 7.11. The Kier molecular flexibility index (Phi) is 6.36. The van der Waals surface area contributed by atoms with E-state index in [1.807, 2.05) is 42.5 Å². The van der Waals surface area contributed by atoms with Crippen LogP contribution in [0.2, 0.25) is 0 Å². The number of hydrogen-bond donors (Lipinski definition) is 0. The van der Waals surface area contributed by atoms with Crippen molar-refractivity contribution in [2.75, 3.05) is 0 Å². The fraction of sp³-hybridized carbons (Fsp3) is 0.0217. The number of aromatic nitrogens is 2. The van der Waals surface area contributed by atoms with Crippen LogP contribution in [0.3, 0.4) is 0 Å². The number of nitrogens with zero attached hydrogens (tertiary/aromatic N) is 2. The van der Waals surface area contributed by atoms with Crippen LogP contribution < -0.4 is 0 Å². The van der Waals surface area contributed by atoms with Crippen molar-refractivity contribution in [2.45, 2.75) is 6.92 Å². The Morgan fingerprint density at radius 2 is 1.02 bits per heavy atom. The highest BCUT2D eigenvalue weighted by Crippen LogP contribution is 2.38. The number of furan rings is 1. The number of oxazole rings is 1. The predicted octanol–water partition coefficient (Wildman–Crippen LogP) is 12.6. The van der Waals surface area contributed by atoms with Crippen molar-refractivity contribution in [1.29, 1.82) is 0 Å². The van der Waals surface area contributed by atoms with Crippen LogP contribution in [0.1, 0.15) is 5.56 Å². The van der Waals surface area contributed by atoms with Gasteiger partial charge in [0.2, 0.25) is 5.89 Å². The SMILES string of the molecule is Cc1ccc(-n2c3ccc(-c4ccc(-c5cc6ccccc6o5)cc4)cc3c3cc(-c4ccc(-c5nc6ccccc6o5)cc4)ccc32)cc1. The topological polar surface area (TPSA) is 44.1 Å². The molecule has 0 fully saturated rings. The van der Waals surface area contributed by atoms with E-state index < -0.39 is 0 Å². The molecule has 50 heavy (non-hydrogen) atoms. The number of aryl methyl sites for hydroxylation is 1. The fourth-order valence-corrected chi connectivity index (χ4v) is 7.11. The first-order valence-electron chi connectivity index (χ1n) is 16.9. The molecular weight excluding hydrogens is 613 g/mol. The standard InChI is InChI=1S/C46H30N2O2/c1-29-10-22-37(23-11-29)48-41-24-20-34(30-12-16-32(17-13-30)45-28-36-6-2-4-8-43(36)49-45)26-38(41)39-27-35(21-25-42(39)48)31-14-18-33(19-15-31)46-47-40-7-3-5-9-44(40)50-46/h2-28H,1H3. The third kappa shape index (κ3) is 4.73. The van der Waals surface area contributed by atoms with E-state index in [9.17, 15) is 0 Å². The minimum Gasteiger partial charge on any atom is -0.456 e. The van der Waals surface area contributed by atoms with Gasteiger partial charge in [-0.1, -0.05) is 96.6 Å². The Bertz CT molecular complexity index is 2610. The van der Waals surface area contributed by atoms with Crippen molar-refractivity contribution in [3.05, 3.63) is 169 Å². The highest BCUT2D eigenvalue weighted by atomic mass is 16.3. The Morgan fingerprint density at radius 1 is 0.460 bits per heavy atom. The summed E-state index contributed by atoms with van der Waals surface area (Å²) >= 11 is 0. The smallest absolute Gasteiger partial charge is 0.227 e. The van der Waals surface area contributed by atoms with Crippen molar-refractivity contribution in [2.24, 2.45) is 0 Å². The molecular formula is C46H30N2O2. The summed E-state index contributed by atoms with van der Waals surface area (Å²) < 4.78 is 14.5. The minimum atomic E-state index is 0.632. The van der Waals surface area contributed by atoms with Crippen LogP contribution in [0.15, 0.2) is 173 Å². The van der Waals surface area contributed by atoms with E-state index in [1.165, 1.54) is 32.9 Å². The Morgan fingerprint density at radius 3 is 1.66 bits per heavy atom. The third-order valence-electron chi connectivity index (χ3n) is 9.74. The highest BCUT2D eigenvalue weighted by molar-refractivity contribution is 6.11. The van der Waals surface area contributed by atoms with Crippen LogP contribution in [0.5, 0.6) is 0 Å². The van der Waals surface area contributed by atoms with E-state index >= 15 is 0 Å². The Labute approximate surface area is 288 Å². The summed E-state index contributed by atoms with van der Waals surface area (Å²) in [6.45, 7) is 2.13. The second-order valence-electron chi connectivity index (χ2n) is 12.9.